The molecule has 0 bridgehead atoms. The smallest absolute Gasteiger partial charge is 0.225 e. The molecule has 1 N–H and O–H groups in total. The monoisotopic (exact) mass is 352 g/mol. The third kappa shape index (κ3) is 4.63. The quantitative estimate of drug-likeness (QED) is 0.832. The lowest BCUT2D eigenvalue weighted by Crippen LogP contribution is -2.33. The maximum Gasteiger partial charge on any atom is 0.225 e. The maximum atomic E-state index is 12.4. The van der Waals surface area contributed by atoms with Gasteiger partial charge in [-0.15, -0.1) is 0 Å². The van der Waals surface area contributed by atoms with E-state index >= 15 is 0 Å². The Morgan fingerprint density at radius 1 is 1.15 bits per heavy atom. The molecule has 1 fully saturated rings. The lowest BCUT2D eigenvalue weighted by Gasteiger charge is -2.16. The molecule has 5 nitrogen and oxygen atoms in total. The highest BCUT2D eigenvalue weighted by Gasteiger charge is 2.33. The fourth-order valence-corrected chi connectivity index (χ4v) is 3.19. The molecule has 5 heteroatoms. The van der Waals surface area contributed by atoms with Crippen molar-refractivity contribution in [2.45, 2.75) is 19.4 Å². The first-order chi connectivity index (χ1) is 12.7. The topological polar surface area (TPSA) is 58.6 Å². The van der Waals surface area contributed by atoms with Crippen LogP contribution in [0.2, 0.25) is 0 Å². The van der Waals surface area contributed by atoms with Crippen LogP contribution in [0.4, 0.5) is 0 Å². The fraction of sp³-hybridized carbons (Fsp3) is 0.333. The summed E-state index contributed by atoms with van der Waals surface area (Å²) in [6, 6.07) is 17.7. The van der Waals surface area contributed by atoms with Gasteiger partial charge < -0.3 is 15.0 Å². The van der Waals surface area contributed by atoms with Crippen molar-refractivity contribution in [3.8, 4) is 5.75 Å². The van der Waals surface area contributed by atoms with Crippen LogP contribution in [0.25, 0.3) is 0 Å². The van der Waals surface area contributed by atoms with E-state index in [4.69, 9.17) is 4.74 Å². The summed E-state index contributed by atoms with van der Waals surface area (Å²) in [5.74, 6) is 0.481. The summed E-state index contributed by atoms with van der Waals surface area (Å²) in [5, 5.41) is 2.93. The van der Waals surface area contributed by atoms with Crippen LogP contribution in [0.5, 0.6) is 5.75 Å². The first kappa shape index (κ1) is 18.0. The molecule has 1 aliphatic heterocycles. The van der Waals surface area contributed by atoms with Gasteiger partial charge in [-0.25, -0.2) is 0 Å². The Balaban J connectivity index is 1.48. The van der Waals surface area contributed by atoms with E-state index in [0.29, 0.717) is 26.1 Å². The van der Waals surface area contributed by atoms with Crippen molar-refractivity contribution in [1.29, 1.82) is 0 Å². The highest BCUT2D eigenvalue weighted by atomic mass is 16.5. The zero-order chi connectivity index (χ0) is 18.4. The second-order valence-electron chi connectivity index (χ2n) is 6.55. The van der Waals surface area contributed by atoms with Gasteiger partial charge in [0.2, 0.25) is 11.8 Å². The molecule has 0 radical (unpaired) electrons. The van der Waals surface area contributed by atoms with Crippen molar-refractivity contribution in [1.82, 2.24) is 10.2 Å². The van der Waals surface area contributed by atoms with E-state index in [1.165, 1.54) is 5.56 Å². The molecule has 0 aliphatic carbocycles. The number of amides is 2. The lowest BCUT2D eigenvalue weighted by atomic mass is 10.1. The molecule has 0 saturated carbocycles. The summed E-state index contributed by atoms with van der Waals surface area (Å²) in [6.07, 6.45) is 1.10. The lowest BCUT2D eigenvalue weighted by molar-refractivity contribution is -0.129. The van der Waals surface area contributed by atoms with Crippen LogP contribution in [-0.4, -0.2) is 36.9 Å². The maximum absolute atomic E-state index is 12.4. The summed E-state index contributed by atoms with van der Waals surface area (Å²) in [6.45, 7) is 1.59. The molecule has 26 heavy (non-hydrogen) atoms. The Morgan fingerprint density at radius 2 is 1.92 bits per heavy atom. The number of carbonyl (C=O) groups is 2. The predicted octanol–water partition coefficient (Wildman–Crippen LogP) is 2.40. The summed E-state index contributed by atoms with van der Waals surface area (Å²) in [4.78, 5) is 26.4. The second kappa shape index (κ2) is 8.52. The van der Waals surface area contributed by atoms with Crippen LogP contribution in [0, 0.1) is 5.92 Å². The summed E-state index contributed by atoms with van der Waals surface area (Å²) in [5.41, 5.74) is 2.18. The minimum atomic E-state index is -0.274. The number of methoxy groups -OCH3 is 1. The van der Waals surface area contributed by atoms with E-state index < -0.39 is 0 Å². The molecular formula is C21H24N2O3. The van der Waals surface area contributed by atoms with Crippen LogP contribution >= 0.6 is 0 Å². The Labute approximate surface area is 154 Å². The number of nitrogens with one attached hydrogen (secondary N) is 1. The molecule has 1 heterocycles. The first-order valence-corrected chi connectivity index (χ1v) is 8.88. The van der Waals surface area contributed by atoms with E-state index in [0.717, 1.165) is 17.7 Å². The summed E-state index contributed by atoms with van der Waals surface area (Å²) < 4.78 is 5.19. The van der Waals surface area contributed by atoms with Crippen molar-refractivity contribution >= 4 is 11.8 Å². The number of nitrogens with zero attached hydrogens (tertiary/aromatic N) is 1. The number of ether oxygens (including phenoxy) is 1. The molecule has 0 aromatic heterocycles. The molecule has 1 aliphatic rings. The standard InChI is InChI=1S/C21H24N2O3/c1-26-19-9-5-8-17(12-19)14-22-21(25)18-13-20(24)23(15-18)11-10-16-6-3-2-4-7-16/h2-9,12,18H,10-11,13-15H2,1H3,(H,22,25). The number of benzene rings is 2. The van der Waals surface area contributed by atoms with Gasteiger partial charge in [-0.3, -0.25) is 9.59 Å². The SMILES string of the molecule is COc1cccc(CNC(=O)C2CC(=O)N(CCc3ccccc3)C2)c1. The van der Waals surface area contributed by atoms with Gasteiger partial charge in [-0.2, -0.15) is 0 Å². The van der Waals surface area contributed by atoms with Gasteiger partial charge in [0.15, 0.2) is 0 Å². The Hall–Kier alpha value is -2.82. The van der Waals surface area contributed by atoms with E-state index in [2.05, 4.69) is 17.4 Å². The Kier molecular flexibility index (Phi) is 5.89. The first-order valence-electron chi connectivity index (χ1n) is 8.88. The molecule has 1 saturated heterocycles. The third-order valence-corrected chi connectivity index (χ3v) is 4.70. The van der Waals surface area contributed by atoms with Crippen LogP contribution in [0.1, 0.15) is 17.5 Å². The van der Waals surface area contributed by atoms with Gasteiger partial charge in [-0.05, 0) is 29.7 Å². The highest BCUT2D eigenvalue weighted by molar-refractivity contribution is 5.89. The second-order valence-corrected chi connectivity index (χ2v) is 6.55. The molecule has 1 unspecified atom stereocenters. The van der Waals surface area contributed by atoms with E-state index in [1.807, 2.05) is 42.5 Å². The zero-order valence-corrected chi connectivity index (χ0v) is 15.0. The molecule has 3 rings (SSSR count). The average Bonchev–Trinajstić information content (AvgIpc) is 3.06. The van der Waals surface area contributed by atoms with Crippen molar-refractivity contribution in [2.75, 3.05) is 20.2 Å². The average molecular weight is 352 g/mol. The zero-order valence-electron chi connectivity index (χ0n) is 15.0. The van der Waals surface area contributed by atoms with Crippen LogP contribution in [-0.2, 0) is 22.6 Å². The fourth-order valence-electron chi connectivity index (χ4n) is 3.19. The largest absolute Gasteiger partial charge is 0.497 e. The van der Waals surface area contributed by atoms with Crippen molar-refractivity contribution in [2.24, 2.45) is 5.92 Å². The Morgan fingerprint density at radius 3 is 2.69 bits per heavy atom. The molecular weight excluding hydrogens is 328 g/mol. The number of hydrogen-bond donors (Lipinski definition) is 1. The third-order valence-electron chi connectivity index (χ3n) is 4.70. The van der Waals surface area contributed by atoms with Crippen LogP contribution in [0.15, 0.2) is 54.6 Å². The van der Waals surface area contributed by atoms with Gasteiger partial charge in [-0.1, -0.05) is 42.5 Å². The van der Waals surface area contributed by atoms with E-state index in [1.54, 1.807) is 12.0 Å². The van der Waals surface area contributed by atoms with Crippen molar-refractivity contribution < 1.29 is 14.3 Å². The van der Waals surface area contributed by atoms with Crippen molar-refractivity contribution in [3.63, 3.8) is 0 Å². The molecule has 136 valence electrons. The minimum Gasteiger partial charge on any atom is -0.497 e. The van der Waals surface area contributed by atoms with Crippen LogP contribution in [0.3, 0.4) is 0 Å². The minimum absolute atomic E-state index is 0.0578. The van der Waals surface area contributed by atoms with Gasteiger partial charge in [0.25, 0.3) is 0 Å². The Bertz CT molecular complexity index is 761. The molecule has 2 amide bonds. The number of likely N-dealkylation sites (tertiary alicyclic amines) is 1. The van der Waals surface area contributed by atoms with Crippen molar-refractivity contribution in [3.05, 3.63) is 65.7 Å². The number of rotatable bonds is 7. The van der Waals surface area contributed by atoms with Gasteiger partial charge in [0.05, 0.1) is 13.0 Å². The highest BCUT2D eigenvalue weighted by Crippen LogP contribution is 2.19. The van der Waals surface area contributed by atoms with Crippen LogP contribution < -0.4 is 10.1 Å². The number of carbonyl (C=O) groups excluding carboxylic acids is 2. The van der Waals surface area contributed by atoms with Gasteiger partial charge in [0, 0.05) is 26.1 Å². The number of hydrogen-bond acceptors (Lipinski definition) is 3. The molecule has 0 spiro atoms. The van der Waals surface area contributed by atoms with Gasteiger partial charge in [0.1, 0.15) is 5.75 Å². The van der Waals surface area contributed by atoms with Gasteiger partial charge >= 0.3 is 0 Å². The molecule has 2 aromatic rings. The van der Waals surface area contributed by atoms with E-state index in [-0.39, 0.29) is 17.7 Å². The normalized spacial score (nSPS) is 16.6. The summed E-state index contributed by atoms with van der Waals surface area (Å²) in [7, 11) is 1.62. The van der Waals surface area contributed by atoms with E-state index in [9.17, 15) is 9.59 Å². The predicted molar refractivity (Wildman–Crippen MR) is 99.7 cm³/mol. The molecule has 2 aromatic carbocycles. The molecule has 1 atom stereocenters. The summed E-state index contributed by atoms with van der Waals surface area (Å²) >= 11 is 0.